The highest BCUT2D eigenvalue weighted by Crippen LogP contribution is 2.29. The van der Waals surface area contributed by atoms with E-state index in [1.807, 2.05) is 6.07 Å². The van der Waals surface area contributed by atoms with Crippen LogP contribution in [-0.2, 0) is 6.54 Å². The van der Waals surface area contributed by atoms with E-state index in [2.05, 4.69) is 31.0 Å². The SMILES string of the molecule is CC(C)(C)NCc1c(F)cccc1N1CCC(CO)C1. The van der Waals surface area contributed by atoms with Crippen molar-refractivity contribution in [1.29, 1.82) is 0 Å². The maximum absolute atomic E-state index is 14.1. The summed E-state index contributed by atoms with van der Waals surface area (Å²) in [5.41, 5.74) is 1.64. The molecule has 0 saturated carbocycles. The van der Waals surface area contributed by atoms with Gasteiger partial charge >= 0.3 is 0 Å². The van der Waals surface area contributed by atoms with Crippen LogP contribution in [0.15, 0.2) is 18.2 Å². The van der Waals surface area contributed by atoms with Gasteiger partial charge in [-0.25, -0.2) is 4.39 Å². The molecule has 4 heteroatoms. The summed E-state index contributed by atoms with van der Waals surface area (Å²) in [7, 11) is 0. The van der Waals surface area contributed by atoms with Crippen molar-refractivity contribution in [2.24, 2.45) is 5.92 Å². The minimum Gasteiger partial charge on any atom is -0.396 e. The molecule has 1 aliphatic rings. The first-order valence-corrected chi connectivity index (χ1v) is 7.29. The third-order valence-corrected chi connectivity index (χ3v) is 3.77. The molecule has 0 bridgehead atoms. The van der Waals surface area contributed by atoms with Crippen molar-refractivity contribution >= 4 is 5.69 Å². The monoisotopic (exact) mass is 280 g/mol. The molecule has 112 valence electrons. The minimum absolute atomic E-state index is 0.0435. The molecule has 1 aliphatic heterocycles. The summed E-state index contributed by atoms with van der Waals surface area (Å²) in [6, 6.07) is 5.25. The summed E-state index contributed by atoms with van der Waals surface area (Å²) in [6.07, 6.45) is 0.971. The van der Waals surface area contributed by atoms with Crippen LogP contribution in [0, 0.1) is 11.7 Å². The summed E-state index contributed by atoms with van der Waals surface area (Å²) >= 11 is 0. The second kappa shape index (κ2) is 6.10. The van der Waals surface area contributed by atoms with Crippen LogP contribution in [0.4, 0.5) is 10.1 Å². The third kappa shape index (κ3) is 3.70. The molecule has 1 saturated heterocycles. The van der Waals surface area contributed by atoms with E-state index in [4.69, 9.17) is 0 Å². The van der Waals surface area contributed by atoms with Gasteiger partial charge in [-0.1, -0.05) is 6.07 Å². The number of hydrogen-bond acceptors (Lipinski definition) is 3. The van der Waals surface area contributed by atoms with Crippen LogP contribution in [0.3, 0.4) is 0 Å². The fourth-order valence-corrected chi connectivity index (χ4v) is 2.57. The molecule has 0 amide bonds. The van der Waals surface area contributed by atoms with Crippen molar-refractivity contribution in [2.45, 2.75) is 39.3 Å². The molecule has 1 atom stereocenters. The Morgan fingerprint density at radius 1 is 1.40 bits per heavy atom. The molecule has 0 aromatic heterocycles. The molecular weight excluding hydrogens is 255 g/mol. The van der Waals surface area contributed by atoms with Crippen LogP contribution in [0.2, 0.25) is 0 Å². The van der Waals surface area contributed by atoms with Crippen molar-refractivity contribution in [3.63, 3.8) is 0 Å². The van der Waals surface area contributed by atoms with Gasteiger partial charge in [0, 0.05) is 48.9 Å². The molecule has 1 unspecified atom stereocenters. The van der Waals surface area contributed by atoms with E-state index >= 15 is 0 Å². The van der Waals surface area contributed by atoms with Gasteiger partial charge < -0.3 is 15.3 Å². The molecule has 3 nitrogen and oxygen atoms in total. The number of aliphatic hydroxyl groups excluding tert-OH is 1. The zero-order valence-electron chi connectivity index (χ0n) is 12.6. The van der Waals surface area contributed by atoms with E-state index in [1.54, 1.807) is 6.07 Å². The summed E-state index contributed by atoms with van der Waals surface area (Å²) < 4.78 is 14.1. The number of anilines is 1. The average Bonchev–Trinajstić information content (AvgIpc) is 2.84. The fraction of sp³-hybridized carbons (Fsp3) is 0.625. The van der Waals surface area contributed by atoms with Crippen LogP contribution < -0.4 is 10.2 Å². The lowest BCUT2D eigenvalue weighted by molar-refractivity contribution is 0.238. The molecule has 0 aliphatic carbocycles. The Kier molecular flexibility index (Phi) is 4.66. The molecule has 1 aromatic rings. The predicted molar refractivity (Wildman–Crippen MR) is 80.4 cm³/mol. The second-order valence-corrected chi connectivity index (χ2v) is 6.62. The number of nitrogens with one attached hydrogen (secondary N) is 1. The summed E-state index contributed by atoms with van der Waals surface area (Å²) in [4.78, 5) is 2.18. The number of hydrogen-bond donors (Lipinski definition) is 2. The number of benzene rings is 1. The van der Waals surface area contributed by atoms with E-state index in [1.165, 1.54) is 6.07 Å². The van der Waals surface area contributed by atoms with Crippen molar-refractivity contribution in [3.05, 3.63) is 29.6 Å². The lowest BCUT2D eigenvalue weighted by Gasteiger charge is -2.26. The number of aliphatic hydroxyl groups is 1. The highest BCUT2D eigenvalue weighted by atomic mass is 19.1. The fourth-order valence-electron chi connectivity index (χ4n) is 2.57. The Labute approximate surface area is 120 Å². The number of rotatable bonds is 4. The van der Waals surface area contributed by atoms with Gasteiger partial charge in [0.25, 0.3) is 0 Å². The van der Waals surface area contributed by atoms with Crippen LogP contribution in [-0.4, -0.2) is 30.3 Å². The normalized spacial score (nSPS) is 19.6. The standard InChI is InChI=1S/C16H25FN2O/c1-16(2,3)18-9-13-14(17)5-4-6-15(13)19-8-7-12(10-19)11-20/h4-6,12,18,20H,7-11H2,1-3H3. The van der Waals surface area contributed by atoms with Crippen LogP contribution in [0.25, 0.3) is 0 Å². The average molecular weight is 280 g/mol. The lowest BCUT2D eigenvalue weighted by Crippen LogP contribution is -2.36. The maximum atomic E-state index is 14.1. The quantitative estimate of drug-likeness (QED) is 0.889. The largest absolute Gasteiger partial charge is 0.396 e. The van der Waals surface area contributed by atoms with Gasteiger partial charge in [-0.15, -0.1) is 0 Å². The van der Waals surface area contributed by atoms with Gasteiger partial charge in [0.1, 0.15) is 5.82 Å². The van der Waals surface area contributed by atoms with Gasteiger partial charge in [-0.2, -0.15) is 0 Å². The molecule has 0 radical (unpaired) electrons. The Hall–Kier alpha value is -1.13. The Bertz CT molecular complexity index is 456. The zero-order chi connectivity index (χ0) is 14.8. The van der Waals surface area contributed by atoms with E-state index in [9.17, 15) is 9.50 Å². The Morgan fingerprint density at radius 2 is 2.15 bits per heavy atom. The highest BCUT2D eigenvalue weighted by Gasteiger charge is 2.25. The first kappa shape index (κ1) is 15.3. The van der Waals surface area contributed by atoms with E-state index < -0.39 is 0 Å². The van der Waals surface area contributed by atoms with E-state index in [-0.39, 0.29) is 18.0 Å². The Balaban J connectivity index is 2.18. The van der Waals surface area contributed by atoms with E-state index in [0.717, 1.165) is 30.8 Å². The summed E-state index contributed by atoms with van der Waals surface area (Å²) in [5.74, 6) is 0.147. The molecule has 1 fully saturated rings. The molecule has 1 aromatic carbocycles. The van der Waals surface area contributed by atoms with Crippen LogP contribution in [0.1, 0.15) is 32.8 Å². The molecule has 1 heterocycles. The summed E-state index contributed by atoms with van der Waals surface area (Å²) in [5, 5.41) is 12.6. The molecular formula is C16H25FN2O. The number of halogens is 1. The van der Waals surface area contributed by atoms with Gasteiger partial charge in [0.2, 0.25) is 0 Å². The van der Waals surface area contributed by atoms with Crippen molar-refractivity contribution < 1.29 is 9.50 Å². The topological polar surface area (TPSA) is 35.5 Å². The van der Waals surface area contributed by atoms with Crippen LogP contribution >= 0.6 is 0 Å². The number of nitrogens with zero attached hydrogens (tertiary/aromatic N) is 1. The molecule has 0 spiro atoms. The van der Waals surface area contributed by atoms with Gasteiger partial charge in [-0.3, -0.25) is 0 Å². The van der Waals surface area contributed by atoms with Gasteiger partial charge in [0.05, 0.1) is 0 Å². The zero-order valence-corrected chi connectivity index (χ0v) is 12.6. The van der Waals surface area contributed by atoms with Crippen molar-refractivity contribution in [3.8, 4) is 0 Å². The maximum Gasteiger partial charge on any atom is 0.129 e. The second-order valence-electron chi connectivity index (χ2n) is 6.62. The van der Waals surface area contributed by atoms with Crippen molar-refractivity contribution in [1.82, 2.24) is 5.32 Å². The first-order chi connectivity index (χ1) is 9.40. The highest BCUT2D eigenvalue weighted by molar-refractivity contribution is 5.55. The van der Waals surface area contributed by atoms with Gasteiger partial charge in [-0.05, 0) is 39.3 Å². The predicted octanol–water partition coefficient (Wildman–Crippen LogP) is 2.53. The Morgan fingerprint density at radius 3 is 2.75 bits per heavy atom. The third-order valence-electron chi connectivity index (χ3n) is 3.77. The van der Waals surface area contributed by atoms with Crippen LogP contribution in [0.5, 0.6) is 0 Å². The van der Waals surface area contributed by atoms with Gasteiger partial charge in [0.15, 0.2) is 0 Å². The van der Waals surface area contributed by atoms with Crippen molar-refractivity contribution in [2.75, 3.05) is 24.6 Å². The minimum atomic E-state index is -0.160. The molecule has 2 N–H and O–H groups in total. The summed E-state index contributed by atoms with van der Waals surface area (Å²) in [6.45, 7) is 8.65. The molecule has 20 heavy (non-hydrogen) atoms. The van der Waals surface area contributed by atoms with E-state index in [0.29, 0.717) is 12.5 Å². The lowest BCUT2D eigenvalue weighted by atomic mass is 10.1. The smallest absolute Gasteiger partial charge is 0.129 e. The first-order valence-electron chi connectivity index (χ1n) is 7.29. The molecule has 2 rings (SSSR count).